The monoisotopic (exact) mass is 717 g/mol. The zero-order valence-electron chi connectivity index (χ0n) is 28.6. The Bertz CT molecular complexity index is 2200. The number of esters is 1. The lowest BCUT2D eigenvalue weighted by Crippen LogP contribution is -2.36. The normalized spacial score (nSPS) is 15.8. The SMILES string of the molecule is COC(=O)C1CCCN1Cc1cc2nc(-c3cccc(-c4cccc(C5=Nc6cc(CO)c(OC(F)F)cc6C5)c4C)c3C)oc2cc1OC(F)F. The lowest BCUT2D eigenvalue weighted by atomic mass is 9.89. The number of hydrogen-bond acceptors (Lipinski definition) is 9. The minimum Gasteiger partial charge on any atom is -0.468 e. The molecule has 5 aromatic rings. The Kier molecular flexibility index (Phi) is 9.73. The standard InChI is InChI=1S/C39H35F4N3O6/c1-20-25(7-4-9-27(20)30-13-22-16-33(51-38(40)41)24(19-47)15-29(22)44-30)26-8-5-10-28(21(26)2)36-45-31-14-23(34(52-39(42)43)17-35(31)50-36)18-46-12-6-11-32(46)37(48)49-3/h4-5,7-10,14-17,32,38-39,47H,6,11-13,18-19H2,1-3H3. The van der Waals surface area contributed by atoms with Gasteiger partial charge in [0.2, 0.25) is 5.89 Å². The van der Waals surface area contributed by atoms with Crippen molar-refractivity contribution in [3.8, 4) is 34.1 Å². The molecule has 0 radical (unpaired) electrons. The first kappa shape index (κ1) is 35.1. The van der Waals surface area contributed by atoms with Crippen molar-refractivity contribution in [1.82, 2.24) is 9.88 Å². The van der Waals surface area contributed by atoms with Crippen LogP contribution in [0.4, 0.5) is 23.2 Å². The van der Waals surface area contributed by atoms with Gasteiger partial charge in [0.05, 0.1) is 25.1 Å². The fourth-order valence-corrected chi connectivity index (χ4v) is 7.23. The van der Waals surface area contributed by atoms with Gasteiger partial charge in [-0.05, 0) is 90.9 Å². The van der Waals surface area contributed by atoms with Crippen LogP contribution < -0.4 is 9.47 Å². The summed E-state index contributed by atoms with van der Waals surface area (Å²) in [6.07, 6.45) is 1.78. The molecule has 0 saturated carbocycles. The van der Waals surface area contributed by atoms with Crippen molar-refractivity contribution in [1.29, 1.82) is 0 Å². The number of alkyl halides is 4. The number of aliphatic imine (C=N–C) groups is 1. The fourth-order valence-electron chi connectivity index (χ4n) is 7.23. The van der Waals surface area contributed by atoms with Crippen LogP contribution in [-0.4, -0.2) is 59.6 Å². The third kappa shape index (κ3) is 6.73. The van der Waals surface area contributed by atoms with Crippen LogP contribution in [-0.2, 0) is 29.1 Å². The maximum absolute atomic E-state index is 13.5. The van der Waals surface area contributed by atoms with E-state index >= 15 is 0 Å². The van der Waals surface area contributed by atoms with E-state index in [2.05, 4.69) is 4.74 Å². The van der Waals surface area contributed by atoms with Gasteiger partial charge in [0.1, 0.15) is 23.1 Å². The molecule has 13 heteroatoms. The van der Waals surface area contributed by atoms with Crippen LogP contribution in [0.2, 0.25) is 0 Å². The number of hydrogen-bond donors (Lipinski definition) is 1. The predicted molar refractivity (Wildman–Crippen MR) is 185 cm³/mol. The van der Waals surface area contributed by atoms with E-state index in [0.29, 0.717) is 47.6 Å². The van der Waals surface area contributed by atoms with Crippen molar-refractivity contribution < 1.29 is 46.1 Å². The Hall–Kier alpha value is -5.27. The molecule has 1 atom stereocenters. The molecule has 1 N–H and O–H groups in total. The smallest absolute Gasteiger partial charge is 0.387 e. The average Bonchev–Trinajstić information content (AvgIpc) is 3.86. The number of halogens is 4. The summed E-state index contributed by atoms with van der Waals surface area (Å²) in [6.45, 7) is -1.82. The van der Waals surface area contributed by atoms with Gasteiger partial charge in [0, 0.05) is 35.7 Å². The Morgan fingerprint density at radius 3 is 2.25 bits per heavy atom. The maximum Gasteiger partial charge on any atom is 0.387 e. The predicted octanol–water partition coefficient (Wildman–Crippen LogP) is 8.29. The highest BCUT2D eigenvalue weighted by Gasteiger charge is 2.32. The highest BCUT2D eigenvalue weighted by molar-refractivity contribution is 6.08. The molecule has 9 nitrogen and oxygen atoms in total. The molecule has 1 unspecified atom stereocenters. The molecule has 0 bridgehead atoms. The van der Waals surface area contributed by atoms with Crippen molar-refractivity contribution in [2.24, 2.45) is 4.99 Å². The Labute approximate surface area is 296 Å². The van der Waals surface area contributed by atoms with Gasteiger partial charge in [-0.15, -0.1) is 0 Å². The van der Waals surface area contributed by atoms with E-state index in [4.69, 9.17) is 23.9 Å². The maximum atomic E-state index is 13.5. The largest absolute Gasteiger partial charge is 0.468 e. The number of carbonyl (C=O) groups excluding carboxylic acids is 1. The van der Waals surface area contributed by atoms with E-state index in [1.165, 1.54) is 19.2 Å². The van der Waals surface area contributed by atoms with Crippen molar-refractivity contribution in [3.63, 3.8) is 0 Å². The van der Waals surface area contributed by atoms with E-state index in [-0.39, 0.29) is 35.2 Å². The number of aliphatic hydroxyl groups excluding tert-OH is 1. The number of nitrogens with zero attached hydrogens (tertiary/aromatic N) is 3. The summed E-state index contributed by atoms with van der Waals surface area (Å²) in [5.74, 6) is -0.198. The molecule has 1 fully saturated rings. The number of methoxy groups -OCH3 is 1. The second-order valence-electron chi connectivity index (χ2n) is 12.8. The van der Waals surface area contributed by atoms with Crippen molar-refractivity contribution in [3.05, 3.63) is 94.0 Å². The summed E-state index contributed by atoms with van der Waals surface area (Å²) in [6, 6.07) is 17.3. The van der Waals surface area contributed by atoms with Crippen LogP contribution in [0, 0.1) is 13.8 Å². The molecule has 270 valence electrons. The van der Waals surface area contributed by atoms with Crippen LogP contribution in [0.1, 0.15) is 46.2 Å². The number of ether oxygens (including phenoxy) is 3. The van der Waals surface area contributed by atoms with Crippen LogP contribution in [0.15, 0.2) is 70.1 Å². The van der Waals surface area contributed by atoms with Gasteiger partial charge in [-0.25, -0.2) is 4.98 Å². The summed E-state index contributed by atoms with van der Waals surface area (Å²) in [5.41, 5.74) is 8.72. The Balaban J connectivity index is 1.21. The van der Waals surface area contributed by atoms with E-state index < -0.39 is 25.9 Å². The minimum absolute atomic E-state index is 0.0547. The molecular formula is C39H35F4N3O6. The fraction of sp³-hybridized carbons (Fsp3) is 0.308. The lowest BCUT2D eigenvalue weighted by molar-refractivity contribution is -0.146. The first-order valence-corrected chi connectivity index (χ1v) is 16.7. The number of aromatic nitrogens is 1. The minimum atomic E-state index is -3.06. The van der Waals surface area contributed by atoms with Gasteiger partial charge in [-0.2, -0.15) is 17.6 Å². The molecule has 2 aliphatic rings. The number of aliphatic hydroxyl groups is 1. The highest BCUT2D eigenvalue weighted by Crippen LogP contribution is 2.40. The summed E-state index contributed by atoms with van der Waals surface area (Å²) < 4.78 is 73.7. The van der Waals surface area contributed by atoms with E-state index in [0.717, 1.165) is 45.5 Å². The first-order chi connectivity index (χ1) is 25.0. The first-order valence-electron chi connectivity index (χ1n) is 16.7. The third-order valence-electron chi connectivity index (χ3n) is 9.76. The van der Waals surface area contributed by atoms with Crippen LogP contribution in [0.5, 0.6) is 11.5 Å². The zero-order chi connectivity index (χ0) is 36.7. The number of fused-ring (bicyclic) bond motifs is 2. The van der Waals surface area contributed by atoms with Gasteiger partial charge in [-0.1, -0.05) is 30.3 Å². The molecule has 0 amide bonds. The number of oxazole rings is 1. The molecule has 1 aromatic heterocycles. The summed E-state index contributed by atoms with van der Waals surface area (Å²) in [7, 11) is 1.33. The number of likely N-dealkylation sites (tertiary alicyclic amines) is 1. The van der Waals surface area contributed by atoms with Gasteiger partial charge >= 0.3 is 19.2 Å². The second kappa shape index (κ2) is 14.4. The quantitative estimate of drug-likeness (QED) is 0.108. The molecule has 4 aromatic carbocycles. The van der Waals surface area contributed by atoms with Gasteiger partial charge in [0.15, 0.2) is 5.58 Å². The molecule has 3 heterocycles. The summed E-state index contributed by atoms with van der Waals surface area (Å²) in [4.78, 5) is 23.8. The highest BCUT2D eigenvalue weighted by atomic mass is 19.3. The van der Waals surface area contributed by atoms with Crippen LogP contribution >= 0.6 is 0 Å². The molecule has 7 rings (SSSR count). The Morgan fingerprint density at radius 2 is 1.58 bits per heavy atom. The molecule has 0 spiro atoms. The van der Waals surface area contributed by atoms with E-state index in [1.54, 1.807) is 12.1 Å². The van der Waals surface area contributed by atoms with E-state index in [9.17, 15) is 27.5 Å². The van der Waals surface area contributed by atoms with Crippen LogP contribution in [0.3, 0.4) is 0 Å². The average molecular weight is 718 g/mol. The number of rotatable bonds is 11. The zero-order valence-corrected chi connectivity index (χ0v) is 28.6. The summed E-state index contributed by atoms with van der Waals surface area (Å²) >= 11 is 0. The second-order valence-corrected chi connectivity index (χ2v) is 12.8. The number of benzene rings is 4. The van der Waals surface area contributed by atoms with E-state index in [1.807, 2.05) is 55.1 Å². The Morgan fingerprint density at radius 1 is 0.923 bits per heavy atom. The van der Waals surface area contributed by atoms with Crippen molar-refractivity contribution in [2.45, 2.75) is 65.5 Å². The van der Waals surface area contributed by atoms with Crippen LogP contribution in [0.25, 0.3) is 33.7 Å². The van der Waals surface area contributed by atoms with Crippen molar-refractivity contribution in [2.75, 3.05) is 13.7 Å². The van der Waals surface area contributed by atoms with Gasteiger partial charge in [-0.3, -0.25) is 14.7 Å². The number of carbonyl (C=O) groups is 1. The summed E-state index contributed by atoms with van der Waals surface area (Å²) in [5, 5.41) is 9.73. The third-order valence-corrected chi connectivity index (χ3v) is 9.76. The molecule has 0 aliphatic carbocycles. The van der Waals surface area contributed by atoms with Gasteiger partial charge in [0.25, 0.3) is 0 Å². The molecule has 52 heavy (non-hydrogen) atoms. The topological polar surface area (TPSA) is 107 Å². The molecular weight excluding hydrogens is 682 g/mol. The molecule has 2 aliphatic heterocycles. The lowest BCUT2D eigenvalue weighted by Gasteiger charge is -2.23. The molecule has 1 saturated heterocycles. The van der Waals surface area contributed by atoms with Gasteiger partial charge < -0.3 is 23.7 Å². The van der Waals surface area contributed by atoms with Crippen molar-refractivity contribution >= 4 is 28.5 Å².